The number of carbonyl (C=O) groups excluding carboxylic acids is 3. The fourth-order valence-electron chi connectivity index (χ4n) is 3.25. The van der Waals surface area contributed by atoms with Gasteiger partial charge in [-0.05, 0) is 26.0 Å². The van der Waals surface area contributed by atoms with Gasteiger partial charge < -0.3 is 30.5 Å². The summed E-state index contributed by atoms with van der Waals surface area (Å²) in [5.74, 6) is -11.8. The minimum Gasteiger partial charge on any atom is -0.486 e. The summed E-state index contributed by atoms with van der Waals surface area (Å²) >= 11 is 0. The van der Waals surface area contributed by atoms with Crippen molar-refractivity contribution >= 4 is 23.4 Å². The number of anilines is 1. The third kappa shape index (κ3) is 5.04. The average Bonchev–Trinajstić information content (AvgIpc) is 2.79. The molecule has 4 N–H and O–H groups in total. The SMILES string of the molecule is C[C@H]1Oc2ccc(F)cc2N(CCO)C(=O)C1N(CC(F)(F)C(F)(F)F)C(=O)C(C)(O)C(N)=O. The van der Waals surface area contributed by atoms with Crippen LogP contribution in [0.1, 0.15) is 13.8 Å². The molecule has 0 aromatic heterocycles. The van der Waals surface area contributed by atoms with Gasteiger partial charge in [-0.2, -0.15) is 22.0 Å². The number of fused-ring (bicyclic) bond motifs is 1. The Hall–Kier alpha value is -3.07. The van der Waals surface area contributed by atoms with Crippen LogP contribution in [-0.4, -0.2) is 82.4 Å². The van der Waals surface area contributed by atoms with Crippen LogP contribution in [0.25, 0.3) is 0 Å². The predicted octanol–water partition coefficient (Wildman–Crippen LogP) is 0.563. The van der Waals surface area contributed by atoms with Crippen molar-refractivity contribution in [2.24, 2.45) is 5.73 Å². The number of nitrogens with two attached hydrogens (primary N) is 1. The number of hydrogen-bond acceptors (Lipinski definition) is 6. The number of primary amides is 1. The van der Waals surface area contributed by atoms with E-state index in [1.807, 2.05) is 0 Å². The molecule has 3 amide bonds. The first kappa shape index (κ1) is 27.2. The number of ether oxygens (including phenoxy) is 1. The first-order valence-electron chi connectivity index (χ1n) is 9.62. The highest BCUT2D eigenvalue weighted by Gasteiger charge is 2.61. The summed E-state index contributed by atoms with van der Waals surface area (Å²) in [5, 5.41) is 19.5. The number of benzene rings is 1. The Morgan fingerprint density at radius 3 is 2.32 bits per heavy atom. The van der Waals surface area contributed by atoms with E-state index < -0.39 is 73.1 Å². The van der Waals surface area contributed by atoms with E-state index in [0.29, 0.717) is 11.8 Å². The summed E-state index contributed by atoms with van der Waals surface area (Å²) in [7, 11) is 0. The van der Waals surface area contributed by atoms with Gasteiger partial charge in [0.05, 0.1) is 18.8 Å². The van der Waals surface area contributed by atoms with Gasteiger partial charge in [-0.3, -0.25) is 14.4 Å². The molecule has 9 nitrogen and oxygen atoms in total. The molecule has 1 heterocycles. The third-order valence-electron chi connectivity index (χ3n) is 5.09. The maximum atomic E-state index is 14.0. The van der Waals surface area contributed by atoms with Crippen LogP contribution in [0.2, 0.25) is 0 Å². The van der Waals surface area contributed by atoms with Crippen molar-refractivity contribution < 1.29 is 55.7 Å². The number of hydrogen-bond donors (Lipinski definition) is 3. The van der Waals surface area contributed by atoms with Crippen molar-refractivity contribution in [2.75, 3.05) is 24.6 Å². The Labute approximate surface area is 188 Å². The van der Waals surface area contributed by atoms with Crippen molar-refractivity contribution in [1.82, 2.24) is 4.90 Å². The smallest absolute Gasteiger partial charge is 0.455 e. The summed E-state index contributed by atoms with van der Waals surface area (Å²) in [6, 6.07) is 0.450. The van der Waals surface area contributed by atoms with Gasteiger partial charge in [-0.1, -0.05) is 0 Å². The normalized spacial score (nSPS) is 20.6. The van der Waals surface area contributed by atoms with Crippen molar-refractivity contribution in [3.8, 4) is 5.75 Å². The molecule has 1 aromatic carbocycles. The maximum Gasteiger partial charge on any atom is 0.455 e. The largest absolute Gasteiger partial charge is 0.486 e. The number of rotatable bonds is 7. The molecule has 34 heavy (non-hydrogen) atoms. The minimum absolute atomic E-state index is 0.213. The van der Waals surface area contributed by atoms with E-state index >= 15 is 0 Å². The molecule has 0 aliphatic carbocycles. The topological polar surface area (TPSA) is 133 Å². The Morgan fingerprint density at radius 1 is 1.24 bits per heavy atom. The first-order valence-corrected chi connectivity index (χ1v) is 9.62. The van der Waals surface area contributed by atoms with Gasteiger partial charge in [0, 0.05) is 12.6 Å². The summed E-state index contributed by atoms with van der Waals surface area (Å²) in [5.41, 5.74) is 1.32. The number of halogens is 6. The van der Waals surface area contributed by atoms with Crippen LogP contribution in [0.15, 0.2) is 18.2 Å². The van der Waals surface area contributed by atoms with E-state index in [4.69, 9.17) is 10.5 Å². The molecule has 190 valence electrons. The number of nitrogens with zero attached hydrogens (tertiary/aromatic N) is 2. The van der Waals surface area contributed by atoms with Gasteiger partial charge in [-0.15, -0.1) is 0 Å². The van der Waals surface area contributed by atoms with Gasteiger partial charge in [0.2, 0.25) is 5.60 Å². The lowest BCUT2D eigenvalue weighted by molar-refractivity contribution is -0.287. The van der Waals surface area contributed by atoms with E-state index in [0.717, 1.165) is 25.1 Å². The van der Waals surface area contributed by atoms with Crippen LogP contribution in [0, 0.1) is 5.82 Å². The Morgan fingerprint density at radius 2 is 1.82 bits per heavy atom. The average molecular weight is 501 g/mol. The lowest BCUT2D eigenvalue weighted by Crippen LogP contribution is -2.66. The number of amides is 3. The fraction of sp³-hybridized carbons (Fsp3) is 0.526. The van der Waals surface area contributed by atoms with Gasteiger partial charge >= 0.3 is 12.1 Å². The van der Waals surface area contributed by atoms with Crippen LogP contribution in [0.4, 0.5) is 32.0 Å². The molecule has 0 spiro atoms. The summed E-state index contributed by atoms with van der Waals surface area (Å²) in [6.07, 6.45) is -7.82. The summed E-state index contributed by atoms with van der Waals surface area (Å²) in [6.45, 7) is -2.33. The number of alkyl halides is 5. The van der Waals surface area contributed by atoms with Gasteiger partial charge in [0.25, 0.3) is 17.7 Å². The van der Waals surface area contributed by atoms with Gasteiger partial charge in [0.15, 0.2) is 0 Å². The Kier molecular flexibility index (Phi) is 7.42. The molecule has 0 bridgehead atoms. The van der Waals surface area contributed by atoms with Crippen LogP contribution < -0.4 is 15.4 Å². The highest BCUT2D eigenvalue weighted by Crippen LogP contribution is 2.39. The molecule has 1 aromatic rings. The van der Waals surface area contributed by atoms with Crippen LogP contribution in [0.5, 0.6) is 5.75 Å². The minimum atomic E-state index is -6.18. The fourth-order valence-corrected chi connectivity index (χ4v) is 3.25. The van der Waals surface area contributed by atoms with Crippen LogP contribution in [0.3, 0.4) is 0 Å². The van der Waals surface area contributed by atoms with Gasteiger partial charge in [-0.25, -0.2) is 4.39 Å². The zero-order chi connectivity index (χ0) is 26.2. The van der Waals surface area contributed by atoms with Crippen LogP contribution in [-0.2, 0) is 14.4 Å². The highest BCUT2D eigenvalue weighted by molar-refractivity contribution is 6.09. The van der Waals surface area contributed by atoms with E-state index in [1.165, 1.54) is 0 Å². The second-order valence-electron chi connectivity index (χ2n) is 7.67. The van der Waals surface area contributed by atoms with E-state index in [-0.39, 0.29) is 16.3 Å². The maximum absolute atomic E-state index is 14.0. The highest BCUT2D eigenvalue weighted by atomic mass is 19.4. The zero-order valence-corrected chi connectivity index (χ0v) is 17.8. The van der Waals surface area contributed by atoms with Crippen LogP contribution >= 0.6 is 0 Å². The van der Waals surface area contributed by atoms with Crippen molar-refractivity contribution in [2.45, 2.75) is 43.7 Å². The second kappa shape index (κ2) is 9.29. The number of aliphatic hydroxyl groups is 2. The van der Waals surface area contributed by atoms with Crippen molar-refractivity contribution in [1.29, 1.82) is 0 Å². The first-order chi connectivity index (χ1) is 15.5. The molecule has 0 saturated carbocycles. The molecule has 15 heteroatoms. The second-order valence-corrected chi connectivity index (χ2v) is 7.67. The number of carbonyl (C=O) groups is 3. The number of β-amino-alcohol motifs (C(OH)–C–C–N with tert-alkyl or cyclic N) is 1. The molecule has 0 radical (unpaired) electrons. The lowest BCUT2D eigenvalue weighted by Gasteiger charge is -2.39. The standard InChI is InChI=1S/C19H21F6N3O6/c1-9-13(14(30)27(5-6-29)11-7-10(20)3-4-12(11)34-9)28(8-18(21,22)19(23,24)25)16(32)17(2,33)15(26)31/h3-4,7,9,13,29,33H,5-6,8H2,1-2H3,(H2,26,31)/t9-,13?,17?/m1/s1. The van der Waals surface area contributed by atoms with E-state index in [2.05, 4.69) is 0 Å². The number of aliphatic hydroxyl groups excluding tert-OH is 1. The molecule has 2 unspecified atom stereocenters. The monoisotopic (exact) mass is 501 g/mol. The van der Waals surface area contributed by atoms with E-state index in [1.54, 1.807) is 0 Å². The quantitative estimate of drug-likeness (QED) is 0.370. The predicted molar refractivity (Wildman–Crippen MR) is 102 cm³/mol. The molecule has 3 atom stereocenters. The molecule has 0 saturated heterocycles. The third-order valence-corrected chi connectivity index (χ3v) is 5.09. The van der Waals surface area contributed by atoms with Crippen molar-refractivity contribution in [3.63, 3.8) is 0 Å². The van der Waals surface area contributed by atoms with E-state index in [9.17, 15) is 50.9 Å². The molecule has 0 fully saturated rings. The van der Waals surface area contributed by atoms with Crippen molar-refractivity contribution in [3.05, 3.63) is 24.0 Å². The zero-order valence-electron chi connectivity index (χ0n) is 17.8. The van der Waals surface area contributed by atoms with Gasteiger partial charge in [0.1, 0.15) is 23.7 Å². The Bertz CT molecular complexity index is 970. The molecule has 1 aliphatic rings. The molecular formula is C19H21F6N3O6. The summed E-state index contributed by atoms with van der Waals surface area (Å²) in [4.78, 5) is 37.9. The summed E-state index contributed by atoms with van der Waals surface area (Å²) < 4.78 is 86.2. The lowest BCUT2D eigenvalue weighted by atomic mass is 9.99. The molecule has 2 rings (SSSR count). The Balaban J connectivity index is 2.69. The molecular weight excluding hydrogens is 480 g/mol. The molecule has 1 aliphatic heterocycles.